The smallest absolute Gasteiger partial charge is 0.389 e. The number of nitrogens with one attached hydrogen (secondary N) is 2. The molecule has 2 aromatic rings. The first-order chi connectivity index (χ1) is 15.0. The third kappa shape index (κ3) is 5.25. The second-order valence-corrected chi connectivity index (χ2v) is 7.61. The lowest BCUT2D eigenvalue weighted by Crippen LogP contribution is -2.57. The van der Waals surface area contributed by atoms with E-state index in [1.54, 1.807) is 6.92 Å². The standard InChI is InChI=1S/C20H24F5N5O2/c1-2-30(9-12-3-4-13(7-14(12)21)20(23,24)25)18-16(22)17(28-11-29-18)27-10-19(32)5-6-26-8-15(19)31/h3-4,7,11,15,26,31-32H,2,5-6,8-10H2,1H3,(H,27,28,29)/t15-,19-/m0/s1. The monoisotopic (exact) mass is 461 g/mol. The van der Waals surface area contributed by atoms with E-state index in [2.05, 4.69) is 20.6 Å². The first-order valence-electron chi connectivity index (χ1n) is 10.0. The van der Waals surface area contributed by atoms with Crippen molar-refractivity contribution in [3.63, 3.8) is 0 Å². The van der Waals surface area contributed by atoms with Crippen molar-refractivity contribution in [3.8, 4) is 0 Å². The van der Waals surface area contributed by atoms with Gasteiger partial charge in [0.15, 0.2) is 11.6 Å². The highest BCUT2D eigenvalue weighted by atomic mass is 19.4. The predicted octanol–water partition coefficient (Wildman–Crippen LogP) is 2.30. The Balaban J connectivity index is 1.78. The van der Waals surface area contributed by atoms with E-state index >= 15 is 4.39 Å². The number of aliphatic hydroxyl groups is 2. The van der Waals surface area contributed by atoms with Crippen LogP contribution in [0.5, 0.6) is 0 Å². The lowest BCUT2D eigenvalue weighted by Gasteiger charge is -2.37. The third-order valence-electron chi connectivity index (χ3n) is 5.45. The Kier molecular flexibility index (Phi) is 7.16. The van der Waals surface area contributed by atoms with E-state index in [9.17, 15) is 27.8 Å². The van der Waals surface area contributed by atoms with Crippen molar-refractivity contribution in [2.45, 2.75) is 37.8 Å². The number of aromatic nitrogens is 2. The fraction of sp³-hybridized carbons (Fsp3) is 0.500. The lowest BCUT2D eigenvalue weighted by molar-refractivity contribution is -0.137. The third-order valence-corrected chi connectivity index (χ3v) is 5.45. The minimum absolute atomic E-state index is 0.0560. The van der Waals surface area contributed by atoms with Crippen molar-refractivity contribution in [1.29, 1.82) is 0 Å². The Morgan fingerprint density at radius 2 is 2.03 bits per heavy atom. The molecule has 0 radical (unpaired) electrons. The molecule has 0 spiro atoms. The van der Waals surface area contributed by atoms with Crippen LogP contribution in [0.2, 0.25) is 0 Å². The van der Waals surface area contributed by atoms with Crippen LogP contribution in [-0.4, -0.2) is 58.1 Å². The summed E-state index contributed by atoms with van der Waals surface area (Å²) in [5.41, 5.74) is -2.64. The van der Waals surface area contributed by atoms with Gasteiger partial charge in [0.25, 0.3) is 0 Å². The van der Waals surface area contributed by atoms with E-state index in [0.29, 0.717) is 12.6 Å². The van der Waals surface area contributed by atoms with Crippen LogP contribution in [0, 0.1) is 11.6 Å². The molecule has 2 heterocycles. The number of alkyl halides is 3. The number of benzene rings is 1. The number of β-amino-alcohol motifs (C(OH)–C–C–N with tert-alkyl or cyclic N) is 1. The number of hydrogen-bond acceptors (Lipinski definition) is 7. The maximum absolute atomic E-state index is 15.1. The highest BCUT2D eigenvalue weighted by molar-refractivity contribution is 5.51. The number of nitrogens with zero attached hydrogens (tertiary/aromatic N) is 3. The van der Waals surface area contributed by atoms with E-state index in [1.165, 1.54) is 4.90 Å². The van der Waals surface area contributed by atoms with Crippen molar-refractivity contribution < 1.29 is 32.2 Å². The quantitative estimate of drug-likeness (QED) is 0.470. The molecular weight excluding hydrogens is 437 g/mol. The molecule has 1 aromatic carbocycles. The van der Waals surface area contributed by atoms with Crippen molar-refractivity contribution in [3.05, 3.63) is 47.3 Å². The van der Waals surface area contributed by atoms with Gasteiger partial charge in [0.1, 0.15) is 17.7 Å². The van der Waals surface area contributed by atoms with E-state index < -0.39 is 35.1 Å². The van der Waals surface area contributed by atoms with Crippen LogP contribution in [-0.2, 0) is 12.7 Å². The van der Waals surface area contributed by atoms with Crippen molar-refractivity contribution in [2.75, 3.05) is 36.4 Å². The highest BCUT2D eigenvalue weighted by Gasteiger charge is 2.38. The fourth-order valence-corrected chi connectivity index (χ4v) is 3.44. The summed E-state index contributed by atoms with van der Waals surface area (Å²) < 4.78 is 67.6. The van der Waals surface area contributed by atoms with Crippen LogP contribution < -0.4 is 15.5 Å². The zero-order valence-corrected chi connectivity index (χ0v) is 17.3. The summed E-state index contributed by atoms with van der Waals surface area (Å²) in [6, 6.07) is 2.17. The molecule has 176 valence electrons. The highest BCUT2D eigenvalue weighted by Crippen LogP contribution is 2.31. The SMILES string of the molecule is CCN(Cc1ccc(C(F)(F)F)cc1F)c1ncnc(NC[C@@]2(O)CCNC[C@@H]2O)c1F. The minimum atomic E-state index is -4.67. The molecule has 0 aliphatic carbocycles. The van der Waals surface area contributed by atoms with Crippen LogP contribution in [0.3, 0.4) is 0 Å². The maximum atomic E-state index is 15.1. The molecule has 0 amide bonds. The average molecular weight is 461 g/mol. The van der Waals surface area contributed by atoms with E-state index in [4.69, 9.17) is 0 Å². The Morgan fingerprint density at radius 3 is 2.66 bits per heavy atom. The number of hydrogen-bond donors (Lipinski definition) is 4. The number of halogens is 5. The second-order valence-electron chi connectivity index (χ2n) is 7.61. The van der Waals surface area contributed by atoms with Crippen LogP contribution in [0.25, 0.3) is 0 Å². The molecule has 1 aromatic heterocycles. The molecule has 0 saturated carbocycles. The molecule has 1 aliphatic rings. The molecule has 32 heavy (non-hydrogen) atoms. The summed E-state index contributed by atoms with van der Waals surface area (Å²) in [4.78, 5) is 9.07. The fourth-order valence-electron chi connectivity index (χ4n) is 3.44. The Bertz CT molecular complexity index is 945. The number of rotatable bonds is 7. The van der Waals surface area contributed by atoms with Crippen LogP contribution >= 0.6 is 0 Å². The van der Waals surface area contributed by atoms with Gasteiger partial charge in [-0.1, -0.05) is 6.07 Å². The molecule has 1 fully saturated rings. The van der Waals surface area contributed by atoms with Crippen LogP contribution in [0.4, 0.5) is 33.6 Å². The normalized spacial score (nSPS) is 21.4. The van der Waals surface area contributed by atoms with E-state index in [1.807, 2.05) is 0 Å². The molecule has 2 atom stereocenters. The summed E-state index contributed by atoms with van der Waals surface area (Å²) in [5, 5.41) is 26.2. The van der Waals surface area contributed by atoms with E-state index in [-0.39, 0.29) is 49.8 Å². The Labute approximate surface area is 181 Å². The molecule has 1 saturated heterocycles. The number of aliphatic hydroxyl groups excluding tert-OH is 1. The maximum Gasteiger partial charge on any atom is 0.416 e. The van der Waals surface area contributed by atoms with Gasteiger partial charge in [-0.25, -0.2) is 14.4 Å². The number of anilines is 2. The van der Waals surface area contributed by atoms with Gasteiger partial charge in [0.2, 0.25) is 5.82 Å². The van der Waals surface area contributed by atoms with Gasteiger partial charge >= 0.3 is 6.18 Å². The second kappa shape index (κ2) is 9.51. The zero-order chi connectivity index (χ0) is 23.5. The van der Waals surface area contributed by atoms with Gasteiger partial charge in [-0.2, -0.15) is 17.6 Å². The summed E-state index contributed by atoms with van der Waals surface area (Å²) in [5.74, 6) is -2.33. The molecule has 0 unspecified atom stereocenters. The molecule has 3 rings (SSSR count). The molecular formula is C20H24F5N5O2. The minimum Gasteiger partial charge on any atom is -0.389 e. The van der Waals surface area contributed by atoms with Crippen LogP contribution in [0.1, 0.15) is 24.5 Å². The predicted molar refractivity (Wildman–Crippen MR) is 107 cm³/mol. The Morgan fingerprint density at radius 1 is 1.28 bits per heavy atom. The summed E-state index contributed by atoms with van der Waals surface area (Å²) in [6.07, 6.45) is -4.40. The van der Waals surface area contributed by atoms with Gasteiger partial charge in [-0.15, -0.1) is 0 Å². The Hall–Kier alpha value is -2.57. The van der Waals surface area contributed by atoms with Crippen LogP contribution in [0.15, 0.2) is 24.5 Å². The molecule has 4 N–H and O–H groups in total. The van der Waals surface area contributed by atoms with Gasteiger partial charge in [-0.3, -0.25) is 0 Å². The van der Waals surface area contributed by atoms with Gasteiger partial charge in [-0.05, 0) is 32.0 Å². The van der Waals surface area contributed by atoms with Crippen molar-refractivity contribution in [1.82, 2.24) is 15.3 Å². The lowest BCUT2D eigenvalue weighted by atomic mass is 9.89. The van der Waals surface area contributed by atoms with Gasteiger partial charge in [0.05, 0.1) is 11.7 Å². The first kappa shape index (κ1) is 24.1. The topological polar surface area (TPSA) is 93.5 Å². The zero-order valence-electron chi connectivity index (χ0n) is 17.3. The summed E-state index contributed by atoms with van der Waals surface area (Å²) in [6.45, 7) is 2.13. The molecule has 1 aliphatic heterocycles. The van der Waals surface area contributed by atoms with Crippen molar-refractivity contribution >= 4 is 11.6 Å². The first-order valence-corrected chi connectivity index (χ1v) is 10.0. The average Bonchev–Trinajstić information content (AvgIpc) is 2.74. The van der Waals surface area contributed by atoms with E-state index in [0.717, 1.165) is 18.5 Å². The largest absolute Gasteiger partial charge is 0.416 e. The summed E-state index contributed by atoms with van der Waals surface area (Å²) >= 11 is 0. The van der Waals surface area contributed by atoms with Gasteiger partial charge < -0.3 is 25.7 Å². The van der Waals surface area contributed by atoms with Crippen molar-refractivity contribution in [2.24, 2.45) is 0 Å². The number of piperidine rings is 1. The van der Waals surface area contributed by atoms with Gasteiger partial charge in [0, 0.05) is 31.7 Å². The molecule has 0 bridgehead atoms. The molecule has 12 heteroatoms. The molecule has 7 nitrogen and oxygen atoms in total. The summed E-state index contributed by atoms with van der Waals surface area (Å²) in [7, 11) is 0.